The summed E-state index contributed by atoms with van der Waals surface area (Å²) in [5.74, 6) is 0.882. The van der Waals surface area contributed by atoms with Gasteiger partial charge in [0, 0.05) is 24.8 Å². The zero-order valence-corrected chi connectivity index (χ0v) is 18.8. The van der Waals surface area contributed by atoms with Gasteiger partial charge in [-0.1, -0.05) is 0 Å². The van der Waals surface area contributed by atoms with Gasteiger partial charge in [-0.2, -0.15) is 0 Å². The van der Waals surface area contributed by atoms with Gasteiger partial charge < -0.3 is 9.64 Å². The summed E-state index contributed by atoms with van der Waals surface area (Å²) in [5, 5.41) is 1.20. The Morgan fingerprint density at radius 2 is 1.71 bits per heavy atom. The fourth-order valence-electron chi connectivity index (χ4n) is 3.74. The molecule has 0 radical (unpaired) electrons. The van der Waals surface area contributed by atoms with E-state index in [1.54, 1.807) is 0 Å². The highest BCUT2D eigenvalue weighted by Crippen LogP contribution is 2.38. The molecule has 5 heteroatoms. The first-order chi connectivity index (χ1) is 13.6. The number of benzene rings is 2. The molecule has 0 aromatic heterocycles. The molecule has 3 rings (SSSR count). The molecule has 1 aliphatic heterocycles. The zero-order chi connectivity index (χ0) is 20.3. The van der Waals surface area contributed by atoms with Gasteiger partial charge in [0.15, 0.2) is 5.75 Å². The first-order valence-electron chi connectivity index (χ1n) is 10.4. The topological polar surface area (TPSA) is 28.4 Å². The van der Waals surface area contributed by atoms with Gasteiger partial charge >= 0.3 is 0 Å². The van der Waals surface area contributed by atoms with Crippen molar-refractivity contribution in [3.05, 3.63) is 35.2 Å². The van der Waals surface area contributed by atoms with Crippen LogP contribution in [0, 0.1) is 6.92 Å². The molecule has 4 nitrogen and oxygen atoms in total. The van der Waals surface area contributed by atoms with Crippen molar-refractivity contribution in [2.45, 2.75) is 41.5 Å². The lowest BCUT2D eigenvalue weighted by atomic mass is 10.1. The number of aryl methyl sites for hydroxylation is 1. The molecule has 28 heavy (non-hydrogen) atoms. The second-order valence-electron chi connectivity index (χ2n) is 6.89. The molecule has 0 saturated carbocycles. The maximum absolute atomic E-state index is 5.99. The summed E-state index contributed by atoms with van der Waals surface area (Å²) in [6.45, 7) is 17.6. The van der Waals surface area contributed by atoms with Crippen LogP contribution < -0.4 is 19.6 Å². The Hall–Kier alpha value is -2.14. The summed E-state index contributed by atoms with van der Waals surface area (Å²) in [7, 11) is 0. The average molecular weight is 399 g/mol. The minimum absolute atomic E-state index is 0.640. The fraction of sp³-hybridized carbons (Fsp3) is 0.478. The van der Waals surface area contributed by atoms with Crippen LogP contribution in [0.2, 0.25) is 0 Å². The van der Waals surface area contributed by atoms with Crippen molar-refractivity contribution in [1.82, 2.24) is 9.56 Å². The van der Waals surface area contributed by atoms with Gasteiger partial charge in [0.2, 0.25) is 5.36 Å². The van der Waals surface area contributed by atoms with Crippen LogP contribution in [-0.2, 0) is 0 Å². The molecule has 0 atom stereocenters. The van der Waals surface area contributed by atoms with Crippen LogP contribution in [0.4, 0.5) is 5.69 Å². The highest BCUT2D eigenvalue weighted by Gasteiger charge is 2.18. The second kappa shape index (κ2) is 8.91. The number of anilines is 1. The quantitative estimate of drug-likeness (QED) is 0.424. The Kier molecular flexibility index (Phi) is 6.55. The Labute approximate surface area is 172 Å². The first kappa shape index (κ1) is 20.6. The van der Waals surface area contributed by atoms with Crippen LogP contribution in [0.5, 0.6) is 5.75 Å². The van der Waals surface area contributed by atoms with Crippen molar-refractivity contribution in [3.63, 3.8) is 0 Å². The number of nitrogens with zero attached hydrogens (tertiary/aromatic N) is 3. The van der Waals surface area contributed by atoms with Crippen molar-refractivity contribution >= 4 is 27.2 Å². The van der Waals surface area contributed by atoms with Gasteiger partial charge in [0.1, 0.15) is 18.8 Å². The van der Waals surface area contributed by atoms with E-state index in [1.165, 1.54) is 26.2 Å². The van der Waals surface area contributed by atoms with Crippen molar-refractivity contribution in [1.29, 1.82) is 0 Å². The minimum atomic E-state index is 0.640. The van der Waals surface area contributed by atoms with Crippen LogP contribution >= 0.6 is 11.3 Å². The summed E-state index contributed by atoms with van der Waals surface area (Å²) < 4.78 is 9.58. The monoisotopic (exact) mass is 398 g/mol. The third kappa shape index (κ3) is 3.86. The molecule has 0 unspecified atom stereocenters. The predicted octanol–water partition coefficient (Wildman–Crippen LogP) is 4.77. The van der Waals surface area contributed by atoms with Crippen LogP contribution in [0.25, 0.3) is 20.8 Å². The Balaban J connectivity index is 2.34. The SMILES string of the molecule is CCOc1cc(=[N+](CC)CC)cc2sc3cc(N(CC)CC)cc(C)c3nc1-2. The Morgan fingerprint density at radius 1 is 1.00 bits per heavy atom. The Morgan fingerprint density at radius 3 is 2.32 bits per heavy atom. The molecule has 150 valence electrons. The molecule has 0 saturated heterocycles. The van der Waals surface area contributed by atoms with E-state index >= 15 is 0 Å². The highest BCUT2D eigenvalue weighted by molar-refractivity contribution is 7.21. The van der Waals surface area contributed by atoms with Gasteiger partial charge in [-0.25, -0.2) is 9.56 Å². The highest BCUT2D eigenvalue weighted by atomic mass is 32.1. The molecule has 1 aromatic rings. The van der Waals surface area contributed by atoms with Gasteiger partial charge in [-0.05, 0) is 59.2 Å². The minimum Gasteiger partial charge on any atom is -0.491 e. The molecule has 0 spiro atoms. The van der Waals surface area contributed by atoms with Gasteiger partial charge in [0.25, 0.3) is 0 Å². The van der Waals surface area contributed by atoms with E-state index in [1.807, 2.05) is 18.3 Å². The number of ether oxygens (including phenoxy) is 1. The molecule has 0 amide bonds. The summed E-state index contributed by atoms with van der Waals surface area (Å²) in [6.07, 6.45) is 0. The summed E-state index contributed by atoms with van der Waals surface area (Å²) >= 11 is 1.81. The molecule has 1 aliphatic carbocycles. The van der Waals surface area contributed by atoms with Crippen LogP contribution in [0.3, 0.4) is 0 Å². The number of hydrogen-bond acceptors (Lipinski definition) is 4. The molecule has 1 heterocycles. The van der Waals surface area contributed by atoms with Crippen molar-refractivity contribution in [3.8, 4) is 16.3 Å². The molecule has 1 aromatic carbocycles. The smallest absolute Gasteiger partial charge is 0.205 e. The first-order valence-corrected chi connectivity index (χ1v) is 11.2. The van der Waals surface area contributed by atoms with Crippen molar-refractivity contribution in [2.75, 3.05) is 37.7 Å². The molecule has 0 N–H and O–H groups in total. The van der Waals surface area contributed by atoms with E-state index in [2.05, 4.69) is 68.4 Å². The zero-order valence-electron chi connectivity index (χ0n) is 18.0. The Bertz CT molecular complexity index is 999. The normalized spacial score (nSPS) is 11.2. The third-order valence-corrected chi connectivity index (χ3v) is 6.34. The van der Waals surface area contributed by atoms with Gasteiger partial charge in [0.05, 0.1) is 27.8 Å². The van der Waals surface area contributed by atoms with E-state index in [4.69, 9.17) is 9.72 Å². The predicted molar refractivity (Wildman–Crippen MR) is 122 cm³/mol. The molecule has 0 fully saturated rings. The fourth-order valence-corrected chi connectivity index (χ4v) is 4.89. The summed E-state index contributed by atoms with van der Waals surface area (Å²) in [4.78, 5) is 8.62. The van der Waals surface area contributed by atoms with Crippen LogP contribution in [0.15, 0.2) is 24.3 Å². The number of aromatic nitrogens is 1. The van der Waals surface area contributed by atoms with E-state index in [0.29, 0.717) is 6.61 Å². The molecular formula is C23H32N3OS+. The van der Waals surface area contributed by atoms with Crippen molar-refractivity contribution < 1.29 is 4.74 Å². The number of rotatable bonds is 7. The maximum Gasteiger partial charge on any atom is 0.205 e. The summed E-state index contributed by atoms with van der Waals surface area (Å²) in [5.41, 5.74) is 4.53. The molecule has 2 aliphatic rings. The van der Waals surface area contributed by atoms with Crippen molar-refractivity contribution in [2.24, 2.45) is 0 Å². The lowest BCUT2D eigenvalue weighted by Crippen LogP contribution is -2.29. The van der Waals surface area contributed by atoms with Crippen LogP contribution in [-0.4, -0.2) is 37.8 Å². The van der Waals surface area contributed by atoms with E-state index in [0.717, 1.165) is 43.1 Å². The van der Waals surface area contributed by atoms with E-state index in [9.17, 15) is 0 Å². The van der Waals surface area contributed by atoms with Gasteiger partial charge in [-0.15, -0.1) is 11.3 Å². The number of fused-ring (bicyclic) bond motifs is 2. The van der Waals surface area contributed by atoms with E-state index < -0.39 is 0 Å². The largest absolute Gasteiger partial charge is 0.491 e. The second-order valence-corrected chi connectivity index (χ2v) is 7.98. The average Bonchev–Trinajstić information content (AvgIpc) is 2.69. The number of hydrogen-bond donors (Lipinski definition) is 0. The van der Waals surface area contributed by atoms with E-state index in [-0.39, 0.29) is 0 Å². The van der Waals surface area contributed by atoms with Crippen LogP contribution in [0.1, 0.15) is 40.2 Å². The maximum atomic E-state index is 5.99. The summed E-state index contributed by atoms with van der Waals surface area (Å²) in [6, 6.07) is 8.95. The lowest BCUT2D eigenvalue weighted by Gasteiger charge is -2.22. The lowest BCUT2D eigenvalue weighted by molar-refractivity contribution is 0.340. The van der Waals surface area contributed by atoms with Gasteiger partial charge in [-0.3, -0.25) is 0 Å². The standard InChI is InChI=1S/C23H32N3OS/c1-7-25(8-2)17-12-16(6)22-20(14-17)28-21-15-18(26(9-3)10-4)13-19(27-11-5)23(21)24-22/h12-15H,7-11H2,1-6H3/q+1. The third-order valence-electron chi connectivity index (χ3n) is 5.28. The molecular weight excluding hydrogens is 366 g/mol. The molecule has 0 bridgehead atoms.